The Kier molecular flexibility index (Phi) is 3.15. The van der Waals surface area contributed by atoms with E-state index in [0.717, 1.165) is 12.8 Å². The molecule has 0 spiro atoms. The third kappa shape index (κ3) is 2.10. The molecule has 0 saturated carbocycles. The summed E-state index contributed by atoms with van der Waals surface area (Å²) < 4.78 is 0. The summed E-state index contributed by atoms with van der Waals surface area (Å²) in [4.78, 5) is 6.19. The van der Waals surface area contributed by atoms with Crippen LogP contribution in [0.25, 0.3) is 0 Å². The van der Waals surface area contributed by atoms with Crippen LogP contribution in [0.3, 0.4) is 0 Å². The molecular formula is C13H17NS. The number of allylic oxidation sites excluding steroid dienone is 1. The number of hydrogen-bond donors (Lipinski definition) is 0. The van der Waals surface area contributed by atoms with Crippen molar-refractivity contribution in [3.05, 3.63) is 35.7 Å². The summed E-state index contributed by atoms with van der Waals surface area (Å²) in [6.07, 6.45) is 4.00. The lowest BCUT2D eigenvalue weighted by Gasteiger charge is -2.08. The van der Waals surface area contributed by atoms with Gasteiger partial charge in [0.05, 0.1) is 5.69 Å². The van der Waals surface area contributed by atoms with Crippen molar-refractivity contribution in [2.24, 2.45) is 0 Å². The van der Waals surface area contributed by atoms with Crippen molar-refractivity contribution < 1.29 is 0 Å². The monoisotopic (exact) mass is 219 g/mol. The van der Waals surface area contributed by atoms with Crippen LogP contribution < -0.4 is 0 Å². The average Bonchev–Trinajstić information content (AvgIpc) is 2.58. The van der Waals surface area contributed by atoms with Crippen LogP contribution in [0.4, 0.5) is 0 Å². The van der Waals surface area contributed by atoms with Crippen LogP contribution in [0.2, 0.25) is 0 Å². The van der Waals surface area contributed by atoms with Crippen molar-refractivity contribution >= 4 is 11.8 Å². The largest absolute Gasteiger partial charge is 0.256 e. The van der Waals surface area contributed by atoms with Crippen molar-refractivity contribution in [1.29, 1.82) is 0 Å². The molecule has 2 rings (SSSR count). The Labute approximate surface area is 96.0 Å². The van der Waals surface area contributed by atoms with Crippen molar-refractivity contribution in [3.8, 4) is 0 Å². The summed E-state index contributed by atoms with van der Waals surface area (Å²) in [5.41, 5.74) is 3.94. The maximum Gasteiger partial charge on any atom is 0.0581 e. The van der Waals surface area contributed by atoms with Gasteiger partial charge in [0.1, 0.15) is 0 Å². The van der Waals surface area contributed by atoms with Crippen LogP contribution in [0.15, 0.2) is 23.6 Å². The van der Waals surface area contributed by atoms with Crippen molar-refractivity contribution in [2.45, 2.75) is 37.5 Å². The highest BCUT2D eigenvalue weighted by atomic mass is 32.2. The second-order valence-electron chi connectivity index (χ2n) is 4.18. The number of fused-ring (bicyclic) bond motifs is 1. The average molecular weight is 219 g/mol. The van der Waals surface area contributed by atoms with Gasteiger partial charge in [-0.3, -0.25) is 4.98 Å². The predicted octanol–water partition coefficient (Wildman–Crippen LogP) is 3.72. The summed E-state index contributed by atoms with van der Waals surface area (Å²) in [7, 11) is 0. The second-order valence-corrected chi connectivity index (χ2v) is 5.21. The smallest absolute Gasteiger partial charge is 0.0581 e. The minimum Gasteiger partial charge on any atom is -0.256 e. The Bertz CT molecular complexity index is 384. The molecule has 0 radical (unpaired) electrons. The normalized spacial score (nSPS) is 18.9. The van der Waals surface area contributed by atoms with Gasteiger partial charge in [-0.25, -0.2) is 0 Å². The highest BCUT2D eigenvalue weighted by Crippen LogP contribution is 2.40. The Balaban J connectivity index is 2.32. The molecule has 0 aliphatic carbocycles. The summed E-state index contributed by atoms with van der Waals surface area (Å²) >= 11 is 1.95. The van der Waals surface area contributed by atoms with Gasteiger partial charge in [-0.15, -0.1) is 18.3 Å². The van der Waals surface area contributed by atoms with E-state index in [2.05, 4.69) is 26.5 Å². The lowest BCUT2D eigenvalue weighted by Crippen LogP contribution is -1.99. The van der Waals surface area contributed by atoms with E-state index in [1.165, 1.54) is 27.6 Å². The Morgan fingerprint density at radius 3 is 3.20 bits per heavy atom. The quantitative estimate of drug-likeness (QED) is 0.719. The zero-order valence-corrected chi connectivity index (χ0v) is 10.2. The molecule has 1 unspecified atom stereocenters. The molecular weight excluding hydrogens is 202 g/mol. The maximum atomic E-state index is 4.76. The summed E-state index contributed by atoms with van der Waals surface area (Å²) in [6, 6.07) is 2.23. The molecule has 1 aromatic rings. The molecule has 0 amide bonds. The van der Waals surface area contributed by atoms with Crippen LogP contribution in [0.1, 0.15) is 36.2 Å². The molecule has 80 valence electrons. The molecule has 0 N–H and O–H groups in total. The number of thioether (sulfide) groups is 1. The van der Waals surface area contributed by atoms with E-state index < -0.39 is 0 Å². The molecule has 0 aromatic carbocycles. The second kappa shape index (κ2) is 4.40. The molecule has 0 saturated heterocycles. The van der Waals surface area contributed by atoms with Crippen molar-refractivity contribution in [1.82, 2.24) is 4.98 Å². The minimum absolute atomic E-state index is 0.618. The molecule has 2 heterocycles. The van der Waals surface area contributed by atoms with E-state index in [-0.39, 0.29) is 0 Å². The van der Waals surface area contributed by atoms with Gasteiger partial charge in [-0.05, 0) is 31.4 Å². The number of rotatable bonds is 3. The van der Waals surface area contributed by atoms with E-state index in [0.29, 0.717) is 5.92 Å². The lowest BCUT2D eigenvalue weighted by molar-refractivity contribution is 0.798. The molecule has 1 atom stereocenters. The predicted molar refractivity (Wildman–Crippen MR) is 66.6 cm³/mol. The molecule has 2 heteroatoms. The van der Waals surface area contributed by atoms with E-state index >= 15 is 0 Å². The summed E-state index contributed by atoms with van der Waals surface area (Å²) in [5, 5.41) is 0. The molecule has 0 fully saturated rings. The molecule has 1 aromatic heterocycles. The maximum absolute atomic E-state index is 4.76. The van der Waals surface area contributed by atoms with Gasteiger partial charge in [0, 0.05) is 22.3 Å². The first-order valence-electron chi connectivity index (χ1n) is 5.46. The molecule has 1 nitrogen and oxygen atoms in total. The number of hydrogen-bond acceptors (Lipinski definition) is 2. The van der Waals surface area contributed by atoms with Gasteiger partial charge >= 0.3 is 0 Å². The highest BCUT2D eigenvalue weighted by Gasteiger charge is 2.22. The number of nitrogens with zero attached hydrogens (tertiary/aromatic N) is 1. The minimum atomic E-state index is 0.618. The van der Waals surface area contributed by atoms with E-state index in [1.807, 2.05) is 17.8 Å². The van der Waals surface area contributed by atoms with E-state index in [9.17, 15) is 0 Å². The van der Waals surface area contributed by atoms with Crippen LogP contribution in [0, 0.1) is 6.92 Å². The van der Waals surface area contributed by atoms with Gasteiger partial charge in [0.2, 0.25) is 0 Å². The highest BCUT2D eigenvalue weighted by molar-refractivity contribution is 7.99. The van der Waals surface area contributed by atoms with Crippen LogP contribution in [-0.2, 0) is 6.42 Å². The lowest BCUT2D eigenvalue weighted by atomic mass is 10.1. The molecule has 15 heavy (non-hydrogen) atoms. The fourth-order valence-corrected chi connectivity index (χ4v) is 3.20. The van der Waals surface area contributed by atoms with Crippen molar-refractivity contribution in [2.75, 3.05) is 5.75 Å². The number of aromatic nitrogens is 1. The van der Waals surface area contributed by atoms with Crippen LogP contribution in [0.5, 0.6) is 0 Å². The molecule has 0 bridgehead atoms. The third-order valence-corrected chi connectivity index (χ3v) is 4.27. The summed E-state index contributed by atoms with van der Waals surface area (Å²) in [5.74, 6) is 1.81. The fourth-order valence-electron chi connectivity index (χ4n) is 1.94. The van der Waals surface area contributed by atoms with Gasteiger partial charge in [-0.1, -0.05) is 13.0 Å². The van der Waals surface area contributed by atoms with Crippen LogP contribution in [-0.4, -0.2) is 10.7 Å². The number of aryl methyl sites for hydroxylation is 2. The third-order valence-electron chi connectivity index (χ3n) is 2.79. The Morgan fingerprint density at radius 1 is 1.67 bits per heavy atom. The van der Waals surface area contributed by atoms with Gasteiger partial charge < -0.3 is 0 Å². The first-order valence-corrected chi connectivity index (χ1v) is 6.45. The summed E-state index contributed by atoms with van der Waals surface area (Å²) in [6.45, 7) is 8.22. The zero-order valence-electron chi connectivity index (χ0n) is 9.42. The molecule has 1 aliphatic rings. The Morgan fingerprint density at radius 2 is 2.47 bits per heavy atom. The standard InChI is InChI=1S/C13H17NS/c1-4-5-6-11-7-9(2)13-12(14-11)10(3)8-15-13/h4,7,10H,1,5-6,8H2,2-3H3. The first-order chi connectivity index (χ1) is 7.22. The van der Waals surface area contributed by atoms with E-state index in [1.54, 1.807) is 0 Å². The molecule has 1 aliphatic heterocycles. The SMILES string of the molecule is C=CCCc1cc(C)c2c(n1)C(C)CS2. The van der Waals surface area contributed by atoms with E-state index in [4.69, 9.17) is 4.98 Å². The van der Waals surface area contributed by atoms with Gasteiger partial charge in [-0.2, -0.15) is 0 Å². The zero-order chi connectivity index (χ0) is 10.8. The fraction of sp³-hybridized carbons (Fsp3) is 0.462. The first kappa shape index (κ1) is 10.7. The van der Waals surface area contributed by atoms with Gasteiger partial charge in [0.25, 0.3) is 0 Å². The van der Waals surface area contributed by atoms with Crippen LogP contribution >= 0.6 is 11.8 Å². The number of pyridine rings is 1. The van der Waals surface area contributed by atoms with Gasteiger partial charge in [0.15, 0.2) is 0 Å². The Hall–Kier alpha value is -0.760. The van der Waals surface area contributed by atoms with Crippen molar-refractivity contribution in [3.63, 3.8) is 0 Å². The topological polar surface area (TPSA) is 12.9 Å².